The minimum absolute atomic E-state index is 0.0346. The highest BCUT2D eigenvalue weighted by Gasteiger charge is 2.43. The smallest absolute Gasteiger partial charge is 0.311 e. The van der Waals surface area contributed by atoms with E-state index in [1.54, 1.807) is 23.1 Å². The van der Waals surface area contributed by atoms with Crippen molar-refractivity contribution in [3.63, 3.8) is 0 Å². The first kappa shape index (κ1) is 20.8. The Bertz CT molecular complexity index is 1150. The van der Waals surface area contributed by atoms with Crippen molar-refractivity contribution in [2.24, 2.45) is 5.41 Å². The Morgan fingerprint density at radius 2 is 1.68 bits per heavy atom. The first-order chi connectivity index (χ1) is 15.0. The Morgan fingerprint density at radius 1 is 1.00 bits per heavy atom. The molecule has 160 valence electrons. The first-order valence-corrected chi connectivity index (χ1v) is 10.5. The van der Waals surface area contributed by atoms with Gasteiger partial charge in [0, 0.05) is 26.1 Å². The van der Waals surface area contributed by atoms with Gasteiger partial charge in [0.05, 0.1) is 22.6 Å². The number of benzene rings is 2. The lowest BCUT2D eigenvalue weighted by atomic mass is 9.78. The Balaban J connectivity index is 1.44. The summed E-state index contributed by atoms with van der Waals surface area (Å²) in [5, 5.41) is 10.5. The molecule has 7 heteroatoms. The third kappa shape index (κ3) is 4.35. The second kappa shape index (κ2) is 8.71. The molecule has 1 aliphatic heterocycles. The molecule has 0 aliphatic carbocycles. The molecule has 1 N–H and O–H groups in total. The maximum absolute atomic E-state index is 12.8. The first-order valence-electron chi connectivity index (χ1n) is 10.5. The number of aryl methyl sites for hydroxylation is 1. The molecular weight excluding hydrogens is 394 g/mol. The molecule has 0 saturated carbocycles. The van der Waals surface area contributed by atoms with Crippen molar-refractivity contribution in [1.82, 2.24) is 14.5 Å². The molecule has 1 aromatic heterocycles. The number of carboxylic acid groups (broad SMARTS) is 1. The Hall–Kier alpha value is -3.48. The maximum Gasteiger partial charge on any atom is 0.311 e. The molecule has 1 aliphatic rings. The van der Waals surface area contributed by atoms with Gasteiger partial charge in [-0.3, -0.25) is 19.0 Å². The molecule has 4 rings (SSSR count). The summed E-state index contributed by atoms with van der Waals surface area (Å²) >= 11 is 0. The lowest BCUT2D eigenvalue weighted by Gasteiger charge is -2.39. The van der Waals surface area contributed by atoms with Crippen LogP contribution >= 0.6 is 0 Å². The SMILES string of the molecule is O=C(CCc1ccccc1)N1CCC(Cn2cnc3ccccc3c2=O)(C(=O)O)CC1. The Kier molecular flexibility index (Phi) is 5.84. The summed E-state index contributed by atoms with van der Waals surface area (Å²) in [7, 11) is 0. The van der Waals surface area contributed by atoms with Gasteiger partial charge in [-0.05, 0) is 37.0 Å². The molecule has 3 aromatic rings. The highest BCUT2D eigenvalue weighted by Crippen LogP contribution is 2.34. The number of para-hydroxylation sites is 1. The van der Waals surface area contributed by atoms with Gasteiger partial charge in [0.2, 0.25) is 5.91 Å². The van der Waals surface area contributed by atoms with Crippen molar-refractivity contribution < 1.29 is 14.7 Å². The lowest BCUT2D eigenvalue weighted by Crippen LogP contribution is -2.49. The number of carboxylic acids is 1. The van der Waals surface area contributed by atoms with Gasteiger partial charge in [-0.25, -0.2) is 4.98 Å². The number of nitrogens with zero attached hydrogens (tertiary/aromatic N) is 3. The van der Waals surface area contributed by atoms with Crippen molar-refractivity contribution >= 4 is 22.8 Å². The molecule has 0 unspecified atom stereocenters. The maximum atomic E-state index is 12.8. The fourth-order valence-corrected chi connectivity index (χ4v) is 4.22. The minimum Gasteiger partial charge on any atom is -0.481 e. The Morgan fingerprint density at radius 3 is 2.39 bits per heavy atom. The summed E-state index contributed by atoms with van der Waals surface area (Å²) in [6.45, 7) is 0.788. The van der Waals surface area contributed by atoms with Gasteiger partial charge in [0.25, 0.3) is 5.56 Å². The van der Waals surface area contributed by atoms with Crippen LogP contribution < -0.4 is 5.56 Å². The highest BCUT2D eigenvalue weighted by molar-refractivity contribution is 5.79. The molecule has 0 spiro atoms. The zero-order valence-corrected chi connectivity index (χ0v) is 17.2. The predicted molar refractivity (Wildman–Crippen MR) is 117 cm³/mol. The van der Waals surface area contributed by atoms with E-state index < -0.39 is 11.4 Å². The third-order valence-corrected chi connectivity index (χ3v) is 6.20. The monoisotopic (exact) mass is 419 g/mol. The largest absolute Gasteiger partial charge is 0.481 e. The summed E-state index contributed by atoms with van der Waals surface area (Å²) in [5.74, 6) is -0.906. The van der Waals surface area contributed by atoms with Crippen LogP contribution in [-0.2, 0) is 22.6 Å². The van der Waals surface area contributed by atoms with Gasteiger partial charge in [-0.2, -0.15) is 0 Å². The van der Waals surface area contributed by atoms with Gasteiger partial charge in [0.15, 0.2) is 0 Å². The average Bonchev–Trinajstić information content (AvgIpc) is 2.80. The van der Waals surface area contributed by atoms with E-state index in [0.717, 1.165) is 5.56 Å². The molecule has 2 heterocycles. The van der Waals surface area contributed by atoms with Crippen LogP contribution in [0.5, 0.6) is 0 Å². The molecule has 0 radical (unpaired) electrons. The van der Waals surface area contributed by atoms with Crippen molar-refractivity contribution in [1.29, 1.82) is 0 Å². The van der Waals surface area contributed by atoms with Crippen LogP contribution in [0, 0.1) is 5.41 Å². The van der Waals surface area contributed by atoms with Crippen molar-refractivity contribution in [2.45, 2.75) is 32.2 Å². The van der Waals surface area contributed by atoms with Crippen LogP contribution in [0.25, 0.3) is 10.9 Å². The van der Waals surface area contributed by atoms with Crippen LogP contribution in [0.4, 0.5) is 0 Å². The standard InChI is InChI=1S/C24H25N3O4/c28-21(11-10-18-6-2-1-3-7-18)26-14-12-24(13-15-26,23(30)31)16-27-17-25-20-9-5-4-8-19(20)22(27)29/h1-9,17H,10-16H2,(H,30,31). The van der Waals surface area contributed by atoms with Crippen LogP contribution in [0.2, 0.25) is 0 Å². The van der Waals surface area contributed by atoms with Crippen LogP contribution in [0.3, 0.4) is 0 Å². The molecule has 1 saturated heterocycles. The number of carbonyl (C=O) groups is 2. The molecule has 0 bridgehead atoms. The number of amides is 1. The van der Waals surface area contributed by atoms with Gasteiger partial charge in [-0.15, -0.1) is 0 Å². The van der Waals surface area contributed by atoms with E-state index in [0.29, 0.717) is 49.7 Å². The van der Waals surface area contributed by atoms with Gasteiger partial charge < -0.3 is 10.0 Å². The highest BCUT2D eigenvalue weighted by atomic mass is 16.4. The van der Waals surface area contributed by atoms with Crippen molar-refractivity contribution in [3.8, 4) is 0 Å². The summed E-state index contributed by atoms with van der Waals surface area (Å²) < 4.78 is 1.39. The molecule has 2 aromatic carbocycles. The molecule has 1 amide bonds. The second-order valence-electron chi connectivity index (χ2n) is 8.15. The quantitative estimate of drug-likeness (QED) is 0.663. The van der Waals surface area contributed by atoms with Crippen LogP contribution in [0.1, 0.15) is 24.8 Å². The molecule has 1 fully saturated rings. The van der Waals surface area contributed by atoms with Crippen LogP contribution in [0.15, 0.2) is 65.7 Å². The molecular formula is C24H25N3O4. The zero-order chi connectivity index (χ0) is 21.8. The third-order valence-electron chi connectivity index (χ3n) is 6.20. The number of aliphatic carboxylic acids is 1. The van der Waals surface area contributed by atoms with Crippen molar-refractivity contribution in [2.75, 3.05) is 13.1 Å². The average molecular weight is 419 g/mol. The second-order valence-corrected chi connectivity index (χ2v) is 8.15. The van der Waals surface area contributed by atoms with Crippen molar-refractivity contribution in [3.05, 3.63) is 76.8 Å². The number of hydrogen-bond acceptors (Lipinski definition) is 4. The Labute approximate surface area is 180 Å². The summed E-state index contributed by atoms with van der Waals surface area (Å²) in [6, 6.07) is 16.9. The molecule has 31 heavy (non-hydrogen) atoms. The van der Waals surface area contributed by atoms with Gasteiger partial charge in [0.1, 0.15) is 0 Å². The zero-order valence-electron chi connectivity index (χ0n) is 17.2. The number of rotatable bonds is 6. The minimum atomic E-state index is -1.09. The predicted octanol–water partition coefficient (Wildman–Crippen LogP) is 2.72. The van der Waals surface area contributed by atoms with E-state index in [2.05, 4.69) is 4.98 Å². The fraction of sp³-hybridized carbons (Fsp3) is 0.333. The van der Waals surface area contributed by atoms with Gasteiger partial charge >= 0.3 is 5.97 Å². The lowest BCUT2D eigenvalue weighted by molar-refractivity contribution is -0.155. The number of fused-ring (bicyclic) bond motifs is 1. The number of aromatic nitrogens is 2. The topological polar surface area (TPSA) is 92.5 Å². The molecule has 0 atom stereocenters. The van der Waals surface area contributed by atoms with E-state index in [1.165, 1.54) is 10.9 Å². The van der Waals surface area contributed by atoms with E-state index in [-0.39, 0.29) is 18.0 Å². The normalized spacial score (nSPS) is 15.7. The van der Waals surface area contributed by atoms with E-state index in [1.807, 2.05) is 36.4 Å². The van der Waals surface area contributed by atoms with Gasteiger partial charge in [-0.1, -0.05) is 42.5 Å². The van der Waals surface area contributed by atoms with E-state index in [9.17, 15) is 19.5 Å². The van der Waals surface area contributed by atoms with Crippen LogP contribution in [-0.4, -0.2) is 44.5 Å². The summed E-state index contributed by atoms with van der Waals surface area (Å²) in [4.78, 5) is 43.7. The van der Waals surface area contributed by atoms with E-state index >= 15 is 0 Å². The number of likely N-dealkylation sites (tertiary alicyclic amines) is 1. The number of carbonyl (C=O) groups excluding carboxylic acids is 1. The summed E-state index contributed by atoms with van der Waals surface area (Å²) in [6.07, 6.45) is 3.10. The number of piperidine rings is 1. The number of hydrogen-bond donors (Lipinski definition) is 1. The molecule has 7 nitrogen and oxygen atoms in total. The fourth-order valence-electron chi connectivity index (χ4n) is 4.22. The summed E-state index contributed by atoms with van der Waals surface area (Å²) in [5.41, 5.74) is 0.361. The van der Waals surface area contributed by atoms with E-state index in [4.69, 9.17) is 0 Å².